The van der Waals surface area contributed by atoms with Crippen molar-refractivity contribution in [3.8, 4) is 11.1 Å². The predicted molar refractivity (Wildman–Crippen MR) is 89.0 cm³/mol. The molecule has 1 atom stereocenters. The minimum absolute atomic E-state index is 0.00663. The normalized spacial score (nSPS) is 12.5. The molecule has 0 aromatic heterocycles. The Balaban J connectivity index is 2.44. The Morgan fingerprint density at radius 2 is 1.92 bits per heavy atom. The molecule has 24 heavy (non-hydrogen) atoms. The number of carbonyl (C=O) groups is 2. The van der Waals surface area contributed by atoms with Crippen LogP contribution in [0, 0.1) is 6.92 Å². The molecule has 0 aliphatic rings. The second-order valence-electron chi connectivity index (χ2n) is 5.33. The van der Waals surface area contributed by atoms with Gasteiger partial charge in [0, 0.05) is 5.56 Å². The maximum atomic E-state index is 12.6. The summed E-state index contributed by atoms with van der Waals surface area (Å²) in [4.78, 5) is 21.7. The molecule has 0 aliphatic heterocycles. The van der Waals surface area contributed by atoms with E-state index in [4.69, 9.17) is 5.11 Å². The van der Waals surface area contributed by atoms with Gasteiger partial charge in [-0.1, -0.05) is 48.0 Å². The fraction of sp³-hybridized carbons (Fsp3) is 0.176. The van der Waals surface area contributed by atoms with E-state index < -0.39 is 28.5 Å². The number of hydrogen-bond donors (Lipinski definition) is 2. The van der Waals surface area contributed by atoms with Gasteiger partial charge in [0.2, 0.25) is 10.0 Å². The number of aliphatic carboxylic acids is 1. The highest BCUT2D eigenvalue weighted by molar-refractivity contribution is 7.89. The topological polar surface area (TPSA) is 101 Å². The van der Waals surface area contributed by atoms with Crippen LogP contribution in [0.2, 0.25) is 0 Å². The number of sulfonamides is 1. The first-order valence-electron chi connectivity index (χ1n) is 7.19. The summed E-state index contributed by atoms with van der Waals surface area (Å²) in [6, 6.07) is 12.4. The van der Waals surface area contributed by atoms with Gasteiger partial charge in [0.25, 0.3) is 0 Å². The van der Waals surface area contributed by atoms with Gasteiger partial charge in [-0.3, -0.25) is 4.79 Å². The Hall–Kier alpha value is -2.51. The first-order chi connectivity index (χ1) is 11.3. The quantitative estimate of drug-likeness (QED) is 0.746. The number of aryl methyl sites for hydroxylation is 1. The van der Waals surface area contributed by atoms with E-state index in [1.54, 1.807) is 24.3 Å². The molecule has 0 saturated heterocycles. The average Bonchev–Trinajstić information content (AvgIpc) is 2.53. The number of hydrogen-bond acceptors (Lipinski definition) is 4. The average molecular weight is 347 g/mol. The molecule has 2 aromatic carbocycles. The number of aldehydes is 1. The largest absolute Gasteiger partial charge is 0.481 e. The predicted octanol–water partition coefficient (Wildman–Crippen LogP) is 1.98. The second-order valence-corrected chi connectivity index (χ2v) is 7.01. The highest BCUT2D eigenvalue weighted by Gasteiger charge is 2.24. The Morgan fingerprint density at radius 1 is 1.21 bits per heavy atom. The maximum Gasteiger partial charge on any atom is 0.305 e. The molecule has 1 unspecified atom stereocenters. The Morgan fingerprint density at radius 3 is 2.54 bits per heavy atom. The van der Waals surface area contributed by atoms with Crippen LogP contribution in [0.15, 0.2) is 53.4 Å². The number of carbonyl (C=O) groups excluding carboxylic acids is 1. The van der Waals surface area contributed by atoms with Crippen molar-refractivity contribution < 1.29 is 23.1 Å². The summed E-state index contributed by atoms with van der Waals surface area (Å²) in [5.41, 5.74) is 2.18. The van der Waals surface area contributed by atoms with Gasteiger partial charge in [-0.05, 0) is 18.6 Å². The summed E-state index contributed by atoms with van der Waals surface area (Å²) < 4.78 is 27.3. The standard InChI is InChI=1S/C17H17NO5S/c1-12-5-4-6-13(9-12)15-7-2-3-8-16(15)24(22,23)18-14(11-19)10-17(20)21/h2-9,11,14,18H,10H2,1H3,(H,20,21). The third kappa shape index (κ3) is 4.27. The summed E-state index contributed by atoms with van der Waals surface area (Å²) in [5.74, 6) is -1.26. The molecular weight excluding hydrogens is 330 g/mol. The Bertz CT molecular complexity index is 861. The van der Waals surface area contributed by atoms with Crippen molar-refractivity contribution in [2.75, 3.05) is 0 Å². The molecular formula is C17H17NO5S. The van der Waals surface area contributed by atoms with E-state index in [1.165, 1.54) is 6.07 Å². The van der Waals surface area contributed by atoms with Crippen molar-refractivity contribution in [1.82, 2.24) is 4.72 Å². The van der Waals surface area contributed by atoms with E-state index in [-0.39, 0.29) is 11.2 Å². The molecule has 0 fully saturated rings. The molecule has 2 rings (SSSR count). The van der Waals surface area contributed by atoms with Crippen LogP contribution in [0.25, 0.3) is 11.1 Å². The summed E-state index contributed by atoms with van der Waals surface area (Å²) in [6.45, 7) is 1.90. The Labute approximate surface area is 140 Å². The SMILES string of the molecule is Cc1cccc(-c2ccccc2S(=O)(=O)NC(C=O)CC(=O)O)c1. The van der Waals surface area contributed by atoms with Crippen molar-refractivity contribution in [3.05, 3.63) is 54.1 Å². The van der Waals surface area contributed by atoms with Crippen molar-refractivity contribution in [2.45, 2.75) is 24.3 Å². The minimum atomic E-state index is -4.05. The summed E-state index contributed by atoms with van der Waals surface area (Å²) in [5, 5.41) is 8.75. The van der Waals surface area contributed by atoms with Crippen LogP contribution in [-0.2, 0) is 19.6 Å². The number of benzene rings is 2. The smallest absolute Gasteiger partial charge is 0.305 e. The molecule has 0 radical (unpaired) electrons. The summed E-state index contributed by atoms with van der Waals surface area (Å²) in [6.07, 6.45) is -0.337. The number of rotatable bonds is 7. The van der Waals surface area contributed by atoms with Gasteiger partial charge in [0.15, 0.2) is 0 Å². The summed E-state index contributed by atoms with van der Waals surface area (Å²) >= 11 is 0. The first kappa shape index (κ1) is 17.8. The van der Waals surface area contributed by atoms with Gasteiger partial charge in [0.05, 0.1) is 17.4 Å². The minimum Gasteiger partial charge on any atom is -0.481 e. The van der Waals surface area contributed by atoms with E-state index in [2.05, 4.69) is 4.72 Å². The van der Waals surface area contributed by atoms with Crippen molar-refractivity contribution >= 4 is 22.3 Å². The molecule has 7 heteroatoms. The fourth-order valence-corrected chi connectivity index (χ4v) is 3.72. The van der Waals surface area contributed by atoms with E-state index >= 15 is 0 Å². The van der Waals surface area contributed by atoms with Gasteiger partial charge < -0.3 is 9.90 Å². The van der Waals surface area contributed by atoms with Gasteiger partial charge in [-0.15, -0.1) is 0 Å². The van der Waals surface area contributed by atoms with Crippen molar-refractivity contribution in [1.29, 1.82) is 0 Å². The third-order valence-electron chi connectivity index (χ3n) is 3.37. The molecule has 0 aliphatic carbocycles. The van der Waals surface area contributed by atoms with Crippen molar-refractivity contribution in [2.24, 2.45) is 0 Å². The molecule has 0 saturated carbocycles. The van der Waals surface area contributed by atoms with Crippen LogP contribution >= 0.6 is 0 Å². The molecule has 2 N–H and O–H groups in total. The molecule has 6 nitrogen and oxygen atoms in total. The van der Waals surface area contributed by atoms with E-state index in [1.807, 2.05) is 25.1 Å². The zero-order chi connectivity index (χ0) is 17.7. The van der Waals surface area contributed by atoms with Crippen LogP contribution in [0.1, 0.15) is 12.0 Å². The lowest BCUT2D eigenvalue weighted by molar-refractivity contribution is -0.138. The molecule has 0 heterocycles. The van der Waals surface area contributed by atoms with Crippen molar-refractivity contribution in [3.63, 3.8) is 0 Å². The molecule has 126 valence electrons. The van der Waals surface area contributed by atoms with Crippen LogP contribution in [0.3, 0.4) is 0 Å². The lowest BCUT2D eigenvalue weighted by atomic mass is 10.0. The zero-order valence-electron chi connectivity index (χ0n) is 13.0. The zero-order valence-corrected chi connectivity index (χ0v) is 13.8. The number of carboxylic acids is 1. The fourth-order valence-electron chi connectivity index (χ4n) is 2.32. The van der Waals surface area contributed by atoms with E-state index in [0.717, 1.165) is 11.1 Å². The third-order valence-corrected chi connectivity index (χ3v) is 4.92. The first-order valence-corrected chi connectivity index (χ1v) is 8.67. The van der Waals surface area contributed by atoms with Gasteiger partial charge in [-0.25, -0.2) is 13.1 Å². The van der Waals surface area contributed by atoms with Crippen LogP contribution in [-0.4, -0.2) is 31.8 Å². The molecule has 0 spiro atoms. The Kier molecular flexibility index (Phi) is 5.48. The van der Waals surface area contributed by atoms with Gasteiger partial charge >= 0.3 is 5.97 Å². The highest BCUT2D eigenvalue weighted by atomic mass is 32.2. The second kappa shape index (κ2) is 7.37. The van der Waals surface area contributed by atoms with E-state index in [0.29, 0.717) is 5.56 Å². The maximum absolute atomic E-state index is 12.6. The lowest BCUT2D eigenvalue weighted by Gasteiger charge is -2.14. The number of nitrogens with one attached hydrogen (secondary N) is 1. The van der Waals surface area contributed by atoms with Gasteiger partial charge in [0.1, 0.15) is 6.29 Å². The van der Waals surface area contributed by atoms with Gasteiger partial charge in [-0.2, -0.15) is 0 Å². The molecule has 0 amide bonds. The monoisotopic (exact) mass is 347 g/mol. The van der Waals surface area contributed by atoms with E-state index in [9.17, 15) is 18.0 Å². The lowest BCUT2D eigenvalue weighted by Crippen LogP contribution is -2.37. The highest BCUT2D eigenvalue weighted by Crippen LogP contribution is 2.27. The molecule has 0 bridgehead atoms. The summed E-state index contributed by atoms with van der Waals surface area (Å²) in [7, 11) is -4.05. The van der Waals surface area contributed by atoms with Crippen LogP contribution in [0.5, 0.6) is 0 Å². The van der Waals surface area contributed by atoms with Crippen LogP contribution < -0.4 is 4.72 Å². The van der Waals surface area contributed by atoms with Crippen LogP contribution in [0.4, 0.5) is 0 Å². The number of carboxylic acid groups (broad SMARTS) is 1. The molecule has 2 aromatic rings.